The molecule has 2 heterocycles. The van der Waals surface area contributed by atoms with E-state index in [1.165, 1.54) is 0 Å². The lowest BCUT2D eigenvalue weighted by Crippen LogP contribution is -2.37. The highest BCUT2D eigenvalue weighted by atomic mass is 16.7. The number of hydrogen-bond donors (Lipinski definition) is 2. The summed E-state index contributed by atoms with van der Waals surface area (Å²) in [4.78, 5) is 27.6. The second-order valence-electron chi connectivity index (χ2n) is 5.66. The normalized spacial score (nSPS) is 12.3. The van der Waals surface area contributed by atoms with E-state index in [0.717, 1.165) is 11.1 Å². The fourth-order valence-electron chi connectivity index (χ4n) is 2.66. The van der Waals surface area contributed by atoms with Crippen molar-refractivity contribution in [1.82, 2.24) is 4.98 Å². The Morgan fingerprint density at radius 3 is 2.20 bits per heavy atom. The maximum Gasteiger partial charge on any atom is 0.253 e. The number of rotatable bonds is 6. The van der Waals surface area contributed by atoms with Gasteiger partial charge in [-0.25, -0.2) is 0 Å². The van der Waals surface area contributed by atoms with Crippen molar-refractivity contribution in [3.05, 3.63) is 74.3 Å². The van der Waals surface area contributed by atoms with Crippen LogP contribution in [0, 0.1) is 0 Å². The van der Waals surface area contributed by atoms with Crippen LogP contribution in [-0.2, 0) is 13.1 Å². The van der Waals surface area contributed by atoms with E-state index in [9.17, 15) is 9.59 Å². The average molecular weight is 337 g/mol. The smallest absolute Gasteiger partial charge is 0.253 e. The van der Waals surface area contributed by atoms with E-state index < -0.39 is 10.9 Å². The Labute approximate surface area is 142 Å². The molecule has 0 saturated heterocycles. The molecule has 0 bridgehead atoms. The minimum absolute atomic E-state index is 0.216. The molecule has 1 aliphatic rings. The fraction of sp³-hybridized carbons (Fsp3) is 0.167. The monoisotopic (exact) mass is 337 g/mol. The summed E-state index contributed by atoms with van der Waals surface area (Å²) in [7, 11) is 0. The van der Waals surface area contributed by atoms with Gasteiger partial charge in [-0.3, -0.25) is 14.6 Å². The maximum atomic E-state index is 11.8. The Hall–Kier alpha value is -3.35. The van der Waals surface area contributed by atoms with E-state index in [-0.39, 0.29) is 6.79 Å². The zero-order chi connectivity index (χ0) is 17.2. The van der Waals surface area contributed by atoms with Gasteiger partial charge in [0.25, 0.3) is 10.9 Å². The summed E-state index contributed by atoms with van der Waals surface area (Å²) in [6, 6.07) is 9.25. The summed E-state index contributed by atoms with van der Waals surface area (Å²) in [6.07, 6.45) is 3.36. The minimum Gasteiger partial charge on any atom is -0.454 e. The third kappa shape index (κ3) is 2.91. The number of hydrogen-bond acceptors (Lipinski definition) is 7. The van der Waals surface area contributed by atoms with E-state index in [1.54, 1.807) is 12.4 Å². The second kappa shape index (κ2) is 6.27. The molecule has 1 aliphatic heterocycles. The molecule has 0 saturated carbocycles. The Morgan fingerprint density at radius 1 is 0.840 bits per heavy atom. The van der Waals surface area contributed by atoms with E-state index in [0.29, 0.717) is 36.0 Å². The van der Waals surface area contributed by atoms with Gasteiger partial charge in [0.05, 0.1) is 0 Å². The van der Waals surface area contributed by atoms with Crippen molar-refractivity contribution in [3.63, 3.8) is 0 Å². The molecule has 0 aliphatic carbocycles. The lowest BCUT2D eigenvalue weighted by atomic mass is 10.1. The molecule has 3 aromatic rings. The number of anilines is 2. The molecule has 0 unspecified atom stereocenters. The highest BCUT2D eigenvalue weighted by Crippen LogP contribution is 2.32. The average Bonchev–Trinajstić information content (AvgIpc) is 3.12. The molecule has 25 heavy (non-hydrogen) atoms. The highest BCUT2D eigenvalue weighted by molar-refractivity contribution is 5.74. The van der Waals surface area contributed by atoms with Crippen LogP contribution in [0.2, 0.25) is 0 Å². The van der Waals surface area contributed by atoms with Crippen molar-refractivity contribution in [2.75, 3.05) is 17.4 Å². The first-order chi connectivity index (χ1) is 12.2. The van der Waals surface area contributed by atoms with Crippen LogP contribution in [0.1, 0.15) is 11.1 Å². The van der Waals surface area contributed by atoms with E-state index in [1.807, 2.05) is 30.3 Å². The van der Waals surface area contributed by atoms with Crippen molar-refractivity contribution in [2.24, 2.45) is 0 Å². The zero-order valence-corrected chi connectivity index (χ0v) is 13.2. The van der Waals surface area contributed by atoms with Gasteiger partial charge in [0.1, 0.15) is 11.4 Å². The Morgan fingerprint density at radius 2 is 1.48 bits per heavy atom. The van der Waals surface area contributed by atoms with Gasteiger partial charge in [0, 0.05) is 25.5 Å². The minimum atomic E-state index is -0.502. The van der Waals surface area contributed by atoms with Crippen molar-refractivity contribution in [1.29, 1.82) is 0 Å². The molecule has 2 aromatic carbocycles. The fourth-order valence-corrected chi connectivity index (χ4v) is 2.66. The van der Waals surface area contributed by atoms with Gasteiger partial charge >= 0.3 is 0 Å². The van der Waals surface area contributed by atoms with Crippen LogP contribution in [0.3, 0.4) is 0 Å². The molecule has 0 fully saturated rings. The number of nitrogens with one attached hydrogen (secondary N) is 2. The van der Waals surface area contributed by atoms with Crippen molar-refractivity contribution >= 4 is 11.4 Å². The molecule has 1 aromatic heterocycles. The van der Waals surface area contributed by atoms with Crippen LogP contribution in [0.25, 0.3) is 0 Å². The highest BCUT2D eigenvalue weighted by Gasteiger charge is 2.20. The predicted molar refractivity (Wildman–Crippen MR) is 92.8 cm³/mol. The van der Waals surface area contributed by atoms with Crippen molar-refractivity contribution in [2.45, 2.75) is 13.1 Å². The van der Waals surface area contributed by atoms with Crippen molar-refractivity contribution < 1.29 is 9.47 Å². The number of fused-ring (bicyclic) bond motifs is 1. The van der Waals surface area contributed by atoms with Crippen LogP contribution in [-0.4, -0.2) is 11.8 Å². The van der Waals surface area contributed by atoms with E-state index in [2.05, 4.69) is 15.6 Å². The molecule has 7 nitrogen and oxygen atoms in total. The Balaban J connectivity index is 1.43. The molecule has 0 amide bonds. The van der Waals surface area contributed by atoms with Crippen molar-refractivity contribution in [3.8, 4) is 11.5 Å². The molecule has 126 valence electrons. The molecule has 2 N–H and O–H groups in total. The van der Waals surface area contributed by atoms with E-state index in [4.69, 9.17) is 9.47 Å². The van der Waals surface area contributed by atoms with Gasteiger partial charge in [0.2, 0.25) is 6.79 Å². The van der Waals surface area contributed by atoms with Crippen LogP contribution in [0.4, 0.5) is 11.4 Å². The summed E-state index contributed by atoms with van der Waals surface area (Å²) >= 11 is 0. The van der Waals surface area contributed by atoms with Gasteiger partial charge in [-0.2, -0.15) is 0 Å². The maximum absolute atomic E-state index is 11.8. The molecule has 7 heteroatoms. The SMILES string of the molecule is O=c1c(NCc2ccncc2)c(NCc2ccc3c(c2)OCO3)c1=O. The van der Waals surface area contributed by atoms with E-state index >= 15 is 0 Å². The lowest BCUT2D eigenvalue weighted by molar-refractivity contribution is 0.174. The first-order valence-electron chi connectivity index (χ1n) is 7.81. The summed E-state index contributed by atoms with van der Waals surface area (Å²) in [5.74, 6) is 1.39. The summed E-state index contributed by atoms with van der Waals surface area (Å²) in [5.41, 5.74) is 1.54. The topological polar surface area (TPSA) is 89.6 Å². The van der Waals surface area contributed by atoms with Gasteiger partial charge in [-0.15, -0.1) is 0 Å². The molecule has 0 spiro atoms. The van der Waals surface area contributed by atoms with Gasteiger partial charge in [-0.05, 0) is 35.4 Å². The quantitative estimate of drug-likeness (QED) is 0.661. The summed E-state index contributed by atoms with van der Waals surface area (Å²) in [5, 5.41) is 6.05. The number of pyridine rings is 1. The number of nitrogens with zero attached hydrogens (tertiary/aromatic N) is 1. The van der Waals surface area contributed by atoms with Crippen LogP contribution < -0.4 is 31.0 Å². The van der Waals surface area contributed by atoms with Gasteiger partial charge < -0.3 is 20.1 Å². The third-order valence-corrected chi connectivity index (χ3v) is 4.04. The van der Waals surface area contributed by atoms with Gasteiger partial charge in [0.15, 0.2) is 11.5 Å². The Bertz CT molecular complexity index is 978. The molecule has 0 radical (unpaired) electrons. The number of aromatic nitrogens is 1. The second-order valence-corrected chi connectivity index (χ2v) is 5.66. The first-order valence-corrected chi connectivity index (χ1v) is 7.81. The third-order valence-electron chi connectivity index (χ3n) is 4.04. The standard InChI is InChI=1S/C18H15N3O4/c22-17-15(20-8-11-3-5-19-6-4-11)16(18(17)23)21-9-12-1-2-13-14(7-12)25-10-24-13/h1-7,20-21H,8-10H2. The zero-order valence-electron chi connectivity index (χ0n) is 13.2. The predicted octanol–water partition coefficient (Wildman–Crippen LogP) is 1.63. The van der Waals surface area contributed by atoms with Crippen LogP contribution in [0.5, 0.6) is 11.5 Å². The molecule has 4 rings (SSSR count). The largest absolute Gasteiger partial charge is 0.454 e. The number of ether oxygens (including phenoxy) is 2. The molecular formula is C18H15N3O4. The lowest BCUT2D eigenvalue weighted by Gasteiger charge is -2.15. The van der Waals surface area contributed by atoms with Crippen LogP contribution in [0.15, 0.2) is 52.3 Å². The van der Waals surface area contributed by atoms with Crippen LogP contribution >= 0.6 is 0 Å². The number of benzene rings is 1. The molecular weight excluding hydrogens is 322 g/mol. The first kappa shape index (κ1) is 15.2. The summed E-state index contributed by atoms with van der Waals surface area (Å²) in [6.45, 7) is 1.07. The Kier molecular flexibility index (Phi) is 3.81. The molecule has 0 atom stereocenters. The van der Waals surface area contributed by atoms with Gasteiger partial charge in [-0.1, -0.05) is 6.07 Å². The summed E-state index contributed by atoms with van der Waals surface area (Å²) < 4.78 is 10.6.